The molecular formula is C20H21N5OS. The first-order valence-corrected chi connectivity index (χ1v) is 9.82. The number of aryl methyl sites for hydroxylation is 1. The monoisotopic (exact) mass is 379 g/mol. The average Bonchev–Trinajstić information content (AvgIpc) is 3.05. The van der Waals surface area contributed by atoms with Crippen LogP contribution in [0.25, 0.3) is 11.4 Å². The van der Waals surface area contributed by atoms with Gasteiger partial charge < -0.3 is 10.7 Å². The molecule has 0 bridgehead atoms. The van der Waals surface area contributed by atoms with Crippen LogP contribution < -0.4 is 10.7 Å². The number of hydrogen-bond donors (Lipinski definition) is 1. The molecule has 0 spiro atoms. The summed E-state index contributed by atoms with van der Waals surface area (Å²) in [6.07, 6.45) is 1.75. The molecule has 1 atom stereocenters. The van der Waals surface area contributed by atoms with E-state index in [1.807, 2.05) is 66.4 Å². The summed E-state index contributed by atoms with van der Waals surface area (Å²) in [6, 6.07) is 17.7. The van der Waals surface area contributed by atoms with Crippen LogP contribution in [-0.2, 0) is 4.79 Å². The minimum absolute atomic E-state index is 0.0948. The molecule has 2 heterocycles. The van der Waals surface area contributed by atoms with E-state index in [1.165, 1.54) is 22.0 Å². The summed E-state index contributed by atoms with van der Waals surface area (Å²) in [5.74, 6) is 6.92. The molecule has 0 aliphatic carbocycles. The average molecular weight is 379 g/mol. The highest BCUT2D eigenvalue weighted by Gasteiger charge is 2.32. The SMILES string of the molecule is Cc1ccc(-c2nnc(SC3CCCN(c4ccccc4)C3=O)n2N)cc1. The molecular weight excluding hydrogens is 358 g/mol. The number of rotatable bonds is 4. The molecule has 7 heteroatoms. The lowest BCUT2D eigenvalue weighted by molar-refractivity contribution is -0.119. The van der Waals surface area contributed by atoms with Crippen LogP contribution in [0.2, 0.25) is 0 Å². The van der Waals surface area contributed by atoms with Gasteiger partial charge in [-0.2, -0.15) is 0 Å². The number of hydrogen-bond acceptors (Lipinski definition) is 5. The van der Waals surface area contributed by atoms with Gasteiger partial charge in [0.25, 0.3) is 0 Å². The minimum Gasteiger partial charge on any atom is -0.335 e. The fourth-order valence-corrected chi connectivity index (χ4v) is 4.26. The number of nitrogen functional groups attached to an aromatic ring is 1. The molecule has 0 saturated carbocycles. The standard InChI is InChI=1S/C20H21N5OS/c1-14-9-11-15(12-10-14)18-22-23-20(25(18)21)27-17-8-5-13-24(19(17)26)16-6-3-2-4-7-16/h2-4,6-7,9-12,17H,5,8,13,21H2,1H3. The Morgan fingerprint density at radius 3 is 2.56 bits per heavy atom. The molecule has 0 radical (unpaired) electrons. The van der Waals surface area contributed by atoms with Gasteiger partial charge >= 0.3 is 0 Å². The molecule has 6 nitrogen and oxygen atoms in total. The molecule has 2 aromatic carbocycles. The van der Waals surface area contributed by atoms with Crippen LogP contribution in [0.3, 0.4) is 0 Å². The van der Waals surface area contributed by atoms with Crippen LogP contribution in [0.1, 0.15) is 18.4 Å². The maximum Gasteiger partial charge on any atom is 0.240 e. The number of carbonyl (C=O) groups excluding carboxylic acids is 1. The Morgan fingerprint density at radius 2 is 1.81 bits per heavy atom. The van der Waals surface area contributed by atoms with Crippen molar-refractivity contribution in [2.45, 2.75) is 30.2 Å². The summed E-state index contributed by atoms with van der Waals surface area (Å²) in [5, 5.41) is 8.79. The molecule has 3 aromatic rings. The fraction of sp³-hybridized carbons (Fsp3) is 0.250. The van der Waals surface area contributed by atoms with E-state index >= 15 is 0 Å². The van der Waals surface area contributed by atoms with E-state index < -0.39 is 0 Å². The van der Waals surface area contributed by atoms with Crippen LogP contribution in [0.5, 0.6) is 0 Å². The third-order valence-corrected chi connectivity index (χ3v) is 5.89. The molecule has 1 aliphatic heterocycles. The summed E-state index contributed by atoms with van der Waals surface area (Å²) in [6.45, 7) is 2.77. The van der Waals surface area contributed by atoms with E-state index in [0.29, 0.717) is 11.0 Å². The number of anilines is 1. The lowest BCUT2D eigenvalue weighted by atomic mass is 10.1. The van der Waals surface area contributed by atoms with Crippen LogP contribution in [0.15, 0.2) is 59.8 Å². The third-order valence-electron chi connectivity index (χ3n) is 4.68. The van der Waals surface area contributed by atoms with Gasteiger partial charge in [0, 0.05) is 17.8 Å². The quantitative estimate of drug-likeness (QED) is 0.704. The van der Waals surface area contributed by atoms with Crippen LogP contribution in [0, 0.1) is 6.92 Å². The van der Waals surface area contributed by atoms with Crippen molar-refractivity contribution < 1.29 is 4.79 Å². The highest BCUT2D eigenvalue weighted by atomic mass is 32.2. The Labute approximate surface area is 162 Å². The van der Waals surface area contributed by atoms with E-state index in [9.17, 15) is 4.79 Å². The number of thioether (sulfide) groups is 1. The second-order valence-electron chi connectivity index (χ2n) is 6.62. The molecule has 1 amide bonds. The molecule has 1 saturated heterocycles. The number of para-hydroxylation sites is 1. The zero-order valence-corrected chi connectivity index (χ0v) is 15.9. The van der Waals surface area contributed by atoms with Gasteiger partial charge in [0.1, 0.15) is 0 Å². The second kappa shape index (κ2) is 7.44. The smallest absolute Gasteiger partial charge is 0.240 e. The molecule has 1 aliphatic rings. The first-order chi connectivity index (χ1) is 13.1. The number of amides is 1. The Morgan fingerprint density at radius 1 is 1.07 bits per heavy atom. The molecule has 138 valence electrons. The summed E-state index contributed by atoms with van der Waals surface area (Å²) >= 11 is 1.39. The largest absolute Gasteiger partial charge is 0.335 e. The van der Waals surface area contributed by atoms with Gasteiger partial charge in [0.2, 0.25) is 11.1 Å². The summed E-state index contributed by atoms with van der Waals surface area (Å²) in [7, 11) is 0. The number of carbonyl (C=O) groups is 1. The lowest BCUT2D eigenvalue weighted by Gasteiger charge is -2.31. The van der Waals surface area contributed by atoms with Gasteiger partial charge in [0.05, 0.1) is 5.25 Å². The molecule has 27 heavy (non-hydrogen) atoms. The third kappa shape index (κ3) is 3.55. The van der Waals surface area contributed by atoms with E-state index in [0.717, 1.165) is 30.6 Å². The first-order valence-electron chi connectivity index (χ1n) is 8.94. The van der Waals surface area contributed by atoms with Crippen molar-refractivity contribution >= 4 is 23.4 Å². The molecule has 1 fully saturated rings. The normalized spacial score (nSPS) is 17.3. The topological polar surface area (TPSA) is 77.0 Å². The van der Waals surface area contributed by atoms with Crippen LogP contribution in [0.4, 0.5) is 5.69 Å². The Kier molecular flexibility index (Phi) is 4.85. The molecule has 2 N–H and O–H groups in total. The second-order valence-corrected chi connectivity index (χ2v) is 7.79. The van der Waals surface area contributed by atoms with Crippen molar-refractivity contribution in [3.8, 4) is 11.4 Å². The zero-order valence-electron chi connectivity index (χ0n) is 15.1. The van der Waals surface area contributed by atoms with Crippen molar-refractivity contribution in [2.24, 2.45) is 0 Å². The fourth-order valence-electron chi connectivity index (χ4n) is 3.20. The Hall–Kier alpha value is -2.80. The van der Waals surface area contributed by atoms with Crippen molar-refractivity contribution in [3.05, 3.63) is 60.2 Å². The maximum atomic E-state index is 13.0. The van der Waals surface area contributed by atoms with E-state index in [2.05, 4.69) is 10.2 Å². The Bertz CT molecular complexity index is 939. The zero-order chi connectivity index (χ0) is 18.8. The minimum atomic E-state index is -0.212. The van der Waals surface area contributed by atoms with Gasteiger partial charge in [-0.05, 0) is 31.9 Å². The van der Waals surface area contributed by atoms with E-state index in [1.54, 1.807) is 0 Å². The van der Waals surface area contributed by atoms with Gasteiger partial charge in [-0.15, -0.1) is 10.2 Å². The number of benzene rings is 2. The van der Waals surface area contributed by atoms with Gasteiger partial charge in [0.15, 0.2) is 5.82 Å². The van der Waals surface area contributed by atoms with Gasteiger partial charge in [-0.1, -0.05) is 59.8 Å². The lowest BCUT2D eigenvalue weighted by Crippen LogP contribution is -2.43. The Balaban J connectivity index is 1.54. The molecule has 4 rings (SSSR count). The van der Waals surface area contributed by atoms with Crippen molar-refractivity contribution in [1.82, 2.24) is 14.9 Å². The number of nitrogens with two attached hydrogens (primary N) is 1. The van der Waals surface area contributed by atoms with Gasteiger partial charge in [-0.25, -0.2) is 4.68 Å². The predicted octanol–water partition coefficient (Wildman–Crippen LogP) is 3.26. The molecule has 1 unspecified atom stereocenters. The van der Waals surface area contributed by atoms with Crippen LogP contribution in [-0.4, -0.2) is 32.6 Å². The number of aromatic nitrogens is 3. The predicted molar refractivity (Wildman–Crippen MR) is 108 cm³/mol. The summed E-state index contributed by atoms with van der Waals surface area (Å²) in [4.78, 5) is 14.8. The van der Waals surface area contributed by atoms with Crippen molar-refractivity contribution in [1.29, 1.82) is 0 Å². The van der Waals surface area contributed by atoms with Crippen LogP contribution >= 0.6 is 11.8 Å². The number of piperidine rings is 1. The molecule has 1 aromatic heterocycles. The van der Waals surface area contributed by atoms with Crippen molar-refractivity contribution in [3.63, 3.8) is 0 Å². The summed E-state index contributed by atoms with van der Waals surface area (Å²) in [5.41, 5.74) is 3.01. The highest BCUT2D eigenvalue weighted by molar-refractivity contribution is 8.00. The van der Waals surface area contributed by atoms with E-state index in [4.69, 9.17) is 5.84 Å². The van der Waals surface area contributed by atoms with E-state index in [-0.39, 0.29) is 11.2 Å². The first kappa shape index (κ1) is 17.6. The highest BCUT2D eigenvalue weighted by Crippen LogP contribution is 2.32. The summed E-state index contributed by atoms with van der Waals surface area (Å²) < 4.78 is 1.48. The van der Waals surface area contributed by atoms with Crippen molar-refractivity contribution in [2.75, 3.05) is 17.3 Å². The maximum absolute atomic E-state index is 13.0. The number of nitrogens with zero attached hydrogens (tertiary/aromatic N) is 4. The van der Waals surface area contributed by atoms with Gasteiger partial charge in [-0.3, -0.25) is 4.79 Å².